The zero-order chi connectivity index (χ0) is 13.1. The number of rotatable bonds is 5. The summed E-state index contributed by atoms with van der Waals surface area (Å²) < 4.78 is 3.00. The number of aromatic nitrogens is 2. The van der Waals surface area contributed by atoms with Crippen molar-refractivity contribution >= 4 is 27.3 Å². The molecule has 2 heterocycles. The summed E-state index contributed by atoms with van der Waals surface area (Å²) in [4.78, 5) is 1.39. The molecule has 2 aromatic heterocycles. The van der Waals surface area contributed by atoms with E-state index in [4.69, 9.17) is 0 Å². The lowest BCUT2D eigenvalue weighted by molar-refractivity contribution is 0.574. The minimum Gasteiger partial charge on any atom is -0.305 e. The summed E-state index contributed by atoms with van der Waals surface area (Å²) in [5.74, 6) is 0. The molecule has 0 radical (unpaired) electrons. The lowest BCUT2D eigenvalue weighted by atomic mass is 10.1. The van der Waals surface area contributed by atoms with Gasteiger partial charge in [0.2, 0.25) is 0 Å². The van der Waals surface area contributed by atoms with Crippen LogP contribution in [0.15, 0.2) is 22.1 Å². The molecule has 5 heteroatoms. The fourth-order valence-corrected chi connectivity index (χ4v) is 3.81. The number of hydrogen-bond acceptors (Lipinski definition) is 3. The van der Waals surface area contributed by atoms with Gasteiger partial charge in [-0.1, -0.05) is 13.8 Å². The average Bonchev–Trinajstić information content (AvgIpc) is 2.94. The molecule has 0 aliphatic heterocycles. The highest BCUT2D eigenvalue weighted by molar-refractivity contribution is 9.10. The molecule has 1 unspecified atom stereocenters. The third-order valence-corrected chi connectivity index (χ3v) is 4.68. The molecule has 0 saturated heterocycles. The highest BCUT2D eigenvalue weighted by Gasteiger charge is 2.22. The van der Waals surface area contributed by atoms with Gasteiger partial charge in [-0.3, -0.25) is 4.68 Å². The number of halogens is 1. The summed E-state index contributed by atoms with van der Waals surface area (Å²) in [7, 11) is 1.99. The zero-order valence-corrected chi connectivity index (χ0v) is 13.3. The second-order valence-corrected chi connectivity index (χ2v) is 5.96. The summed E-state index contributed by atoms with van der Waals surface area (Å²) in [6.07, 6.45) is 2.93. The van der Waals surface area contributed by atoms with Gasteiger partial charge in [0.25, 0.3) is 0 Å². The van der Waals surface area contributed by atoms with E-state index in [2.05, 4.69) is 51.6 Å². The third-order valence-electron chi connectivity index (χ3n) is 3.04. The first-order chi connectivity index (χ1) is 8.69. The fourth-order valence-electron chi connectivity index (χ4n) is 2.16. The van der Waals surface area contributed by atoms with Crippen LogP contribution in [0.3, 0.4) is 0 Å². The van der Waals surface area contributed by atoms with E-state index in [1.54, 1.807) is 0 Å². The van der Waals surface area contributed by atoms with E-state index in [1.165, 1.54) is 16.1 Å². The van der Waals surface area contributed by atoms with Crippen molar-refractivity contribution < 1.29 is 0 Å². The Morgan fingerprint density at radius 2 is 2.28 bits per heavy atom. The Morgan fingerprint density at radius 1 is 1.50 bits per heavy atom. The molecule has 0 spiro atoms. The van der Waals surface area contributed by atoms with Gasteiger partial charge in [-0.05, 0) is 45.9 Å². The third kappa shape index (κ3) is 2.53. The molecule has 0 aliphatic rings. The van der Waals surface area contributed by atoms with Crippen LogP contribution in [0.2, 0.25) is 0 Å². The molecule has 2 rings (SSSR count). The first kappa shape index (κ1) is 13.8. The van der Waals surface area contributed by atoms with Crippen molar-refractivity contribution in [1.29, 1.82) is 0 Å². The van der Waals surface area contributed by atoms with Gasteiger partial charge < -0.3 is 5.32 Å². The van der Waals surface area contributed by atoms with Crippen molar-refractivity contribution in [3.63, 3.8) is 0 Å². The van der Waals surface area contributed by atoms with Crippen molar-refractivity contribution in [3.8, 4) is 0 Å². The molecule has 0 bridgehead atoms. The van der Waals surface area contributed by atoms with Crippen LogP contribution in [-0.4, -0.2) is 16.3 Å². The van der Waals surface area contributed by atoms with E-state index in [0.29, 0.717) is 0 Å². The predicted octanol–water partition coefficient (Wildman–Crippen LogP) is 3.51. The van der Waals surface area contributed by atoms with Crippen LogP contribution >= 0.6 is 27.3 Å². The standard InChI is InChI=1S/C13H18BrN3S/c1-4-9-6-7-18-13(9)11(15-5-2)12-10(14)8-16-17(12)3/h6-8,11,15H,4-5H2,1-3H3. The first-order valence-electron chi connectivity index (χ1n) is 6.16. The molecule has 0 saturated carbocycles. The Labute approximate surface area is 120 Å². The second kappa shape index (κ2) is 5.99. The van der Waals surface area contributed by atoms with E-state index in [0.717, 1.165) is 17.4 Å². The van der Waals surface area contributed by atoms with Crippen LogP contribution < -0.4 is 5.32 Å². The maximum absolute atomic E-state index is 4.32. The molecule has 0 aromatic carbocycles. The smallest absolute Gasteiger partial charge is 0.0855 e. The summed E-state index contributed by atoms with van der Waals surface area (Å²) >= 11 is 5.41. The largest absolute Gasteiger partial charge is 0.305 e. The van der Waals surface area contributed by atoms with Gasteiger partial charge in [0, 0.05) is 11.9 Å². The van der Waals surface area contributed by atoms with Crippen molar-refractivity contribution in [2.45, 2.75) is 26.3 Å². The molecule has 0 fully saturated rings. The van der Waals surface area contributed by atoms with Gasteiger partial charge in [0.1, 0.15) is 0 Å². The minimum atomic E-state index is 0.215. The summed E-state index contributed by atoms with van der Waals surface area (Å²) in [6.45, 7) is 5.27. The van der Waals surface area contributed by atoms with Gasteiger partial charge in [-0.2, -0.15) is 5.10 Å². The van der Waals surface area contributed by atoms with Crippen molar-refractivity contribution in [1.82, 2.24) is 15.1 Å². The Hall–Kier alpha value is -0.650. The first-order valence-corrected chi connectivity index (χ1v) is 7.83. The lowest BCUT2D eigenvalue weighted by Gasteiger charge is -2.19. The number of nitrogens with zero attached hydrogens (tertiary/aromatic N) is 2. The summed E-state index contributed by atoms with van der Waals surface area (Å²) in [5, 5.41) is 10.1. The van der Waals surface area contributed by atoms with E-state index < -0.39 is 0 Å². The van der Waals surface area contributed by atoms with Gasteiger partial charge in [-0.25, -0.2) is 0 Å². The second-order valence-electron chi connectivity index (χ2n) is 4.16. The topological polar surface area (TPSA) is 29.9 Å². The van der Waals surface area contributed by atoms with Crippen molar-refractivity contribution in [3.05, 3.63) is 38.3 Å². The molecule has 98 valence electrons. The fraction of sp³-hybridized carbons (Fsp3) is 0.462. The van der Waals surface area contributed by atoms with E-state index >= 15 is 0 Å². The monoisotopic (exact) mass is 327 g/mol. The molecule has 18 heavy (non-hydrogen) atoms. The normalized spacial score (nSPS) is 12.9. The van der Waals surface area contributed by atoms with Gasteiger partial charge in [-0.15, -0.1) is 11.3 Å². The zero-order valence-electron chi connectivity index (χ0n) is 10.9. The molecular formula is C13H18BrN3S. The van der Waals surface area contributed by atoms with Crippen LogP contribution in [0, 0.1) is 0 Å². The van der Waals surface area contributed by atoms with Gasteiger partial charge >= 0.3 is 0 Å². The average molecular weight is 328 g/mol. The molecular weight excluding hydrogens is 310 g/mol. The SMILES string of the molecule is CCNC(c1sccc1CC)c1c(Br)cnn1C. The summed E-state index contributed by atoms with van der Waals surface area (Å²) in [5.41, 5.74) is 2.60. The van der Waals surface area contributed by atoms with Crippen LogP contribution in [0.5, 0.6) is 0 Å². The number of aryl methyl sites for hydroxylation is 2. The van der Waals surface area contributed by atoms with Crippen LogP contribution in [0.1, 0.15) is 36.0 Å². The van der Waals surface area contributed by atoms with E-state index in [-0.39, 0.29) is 6.04 Å². The number of nitrogens with one attached hydrogen (secondary N) is 1. The van der Waals surface area contributed by atoms with Crippen LogP contribution in [0.25, 0.3) is 0 Å². The van der Waals surface area contributed by atoms with Crippen LogP contribution in [0.4, 0.5) is 0 Å². The van der Waals surface area contributed by atoms with Gasteiger partial charge in [0.05, 0.1) is 22.4 Å². The Kier molecular flexibility index (Phi) is 4.59. The molecule has 0 aliphatic carbocycles. The molecule has 2 aromatic rings. The Bertz CT molecular complexity index is 499. The quantitative estimate of drug-likeness (QED) is 0.910. The van der Waals surface area contributed by atoms with Gasteiger partial charge in [0.15, 0.2) is 0 Å². The number of hydrogen-bond donors (Lipinski definition) is 1. The summed E-state index contributed by atoms with van der Waals surface area (Å²) in [6, 6.07) is 2.43. The minimum absolute atomic E-state index is 0.215. The Morgan fingerprint density at radius 3 is 2.83 bits per heavy atom. The molecule has 3 nitrogen and oxygen atoms in total. The van der Waals surface area contributed by atoms with Crippen molar-refractivity contribution in [2.24, 2.45) is 7.05 Å². The molecule has 1 atom stereocenters. The van der Waals surface area contributed by atoms with Crippen molar-refractivity contribution in [2.75, 3.05) is 6.54 Å². The maximum Gasteiger partial charge on any atom is 0.0855 e. The predicted molar refractivity (Wildman–Crippen MR) is 80.1 cm³/mol. The van der Waals surface area contributed by atoms with E-state index in [9.17, 15) is 0 Å². The molecule has 0 amide bonds. The molecule has 1 N–H and O–H groups in total. The highest BCUT2D eigenvalue weighted by atomic mass is 79.9. The van der Waals surface area contributed by atoms with E-state index in [1.807, 2.05) is 29.3 Å². The van der Waals surface area contributed by atoms with Crippen LogP contribution in [-0.2, 0) is 13.5 Å². The highest BCUT2D eigenvalue weighted by Crippen LogP contribution is 2.33. The lowest BCUT2D eigenvalue weighted by Crippen LogP contribution is -2.24. The number of thiophene rings is 1. The Balaban J connectivity index is 2.46. The maximum atomic E-state index is 4.32.